The van der Waals surface area contributed by atoms with Gasteiger partial charge in [-0.25, -0.2) is 9.80 Å². The van der Waals surface area contributed by atoms with Gasteiger partial charge in [-0.1, -0.05) is 58.0 Å². The molecule has 31 heavy (non-hydrogen) atoms. The molecule has 0 radical (unpaired) electrons. The van der Waals surface area contributed by atoms with Crippen LogP contribution in [0, 0.1) is 28.1 Å². The van der Waals surface area contributed by atoms with Crippen LogP contribution in [0.2, 0.25) is 0 Å². The predicted molar refractivity (Wildman–Crippen MR) is 113 cm³/mol. The van der Waals surface area contributed by atoms with E-state index in [2.05, 4.69) is 24.3 Å². The molecule has 1 aliphatic heterocycles. The third-order valence-corrected chi connectivity index (χ3v) is 9.00. The number of carbonyl (C=O) groups is 1. The highest BCUT2D eigenvalue weighted by Crippen LogP contribution is 2.87. The van der Waals surface area contributed by atoms with E-state index in [0.29, 0.717) is 23.0 Å². The fraction of sp³-hybridized carbons (Fsp3) is 0.667. The van der Waals surface area contributed by atoms with Crippen LogP contribution >= 0.6 is 0 Å². The Labute approximate surface area is 181 Å². The van der Waals surface area contributed by atoms with Gasteiger partial charge in [-0.2, -0.15) is 18.3 Å². The van der Waals surface area contributed by atoms with Crippen LogP contribution in [0.15, 0.2) is 35.4 Å². The van der Waals surface area contributed by atoms with Crippen molar-refractivity contribution in [1.29, 1.82) is 0 Å². The SMILES string of the molecule is CC(C)(CC(F)(F)F)C1=NN(C(=O)NC2C3C4CCC2(C)C43C)CC1c1ccccc1. The number of nitrogens with zero attached hydrogens (tertiary/aromatic N) is 2. The number of hydrogen-bond acceptors (Lipinski definition) is 2. The summed E-state index contributed by atoms with van der Waals surface area (Å²) in [5.41, 5.74) is 0.578. The number of rotatable bonds is 4. The summed E-state index contributed by atoms with van der Waals surface area (Å²) in [5, 5.41) is 9.05. The van der Waals surface area contributed by atoms with E-state index in [1.54, 1.807) is 13.8 Å². The minimum absolute atomic E-state index is 0.124. The zero-order chi connectivity index (χ0) is 22.4. The minimum Gasteiger partial charge on any atom is -0.333 e. The Morgan fingerprint density at radius 2 is 1.90 bits per heavy atom. The van der Waals surface area contributed by atoms with Gasteiger partial charge in [0, 0.05) is 17.4 Å². The van der Waals surface area contributed by atoms with Gasteiger partial charge >= 0.3 is 12.2 Å². The standard InChI is InChI=1S/C24H30F3N3O/c1-21(2,13-24(25,26)27)18-15(14-8-6-5-7-9-14)12-30(29-18)20(31)28-19-17-16-10-11-22(19,3)23(16,17)4/h5-9,15-17,19H,10-13H2,1-4H3,(H,28,31). The van der Waals surface area contributed by atoms with Gasteiger partial charge in [-0.3, -0.25) is 0 Å². The van der Waals surface area contributed by atoms with Crippen LogP contribution in [0.1, 0.15) is 58.4 Å². The highest BCUT2D eigenvalue weighted by Gasteiger charge is 2.86. The van der Waals surface area contributed by atoms with Gasteiger partial charge in [0.2, 0.25) is 0 Å². The summed E-state index contributed by atoms with van der Waals surface area (Å²) in [6, 6.07) is 9.25. The van der Waals surface area contributed by atoms with Crippen LogP contribution in [0.5, 0.6) is 0 Å². The van der Waals surface area contributed by atoms with Crippen molar-refractivity contribution in [3.8, 4) is 0 Å². The summed E-state index contributed by atoms with van der Waals surface area (Å²) in [7, 11) is 0. The number of urea groups is 1. The summed E-state index contributed by atoms with van der Waals surface area (Å²) in [6.45, 7) is 7.99. The maximum Gasteiger partial charge on any atom is 0.389 e. The summed E-state index contributed by atoms with van der Waals surface area (Å²) >= 11 is 0. The number of fused-ring (bicyclic) bond motifs is 1. The van der Waals surface area contributed by atoms with Crippen molar-refractivity contribution < 1.29 is 18.0 Å². The second-order valence-electron chi connectivity index (χ2n) is 11.0. The first-order valence-electron chi connectivity index (χ1n) is 11.2. The molecule has 1 N–H and O–H groups in total. The molecule has 6 atom stereocenters. The van der Waals surface area contributed by atoms with Crippen LogP contribution in [0.3, 0.4) is 0 Å². The third-order valence-electron chi connectivity index (χ3n) is 9.00. The molecule has 4 aliphatic rings. The van der Waals surface area contributed by atoms with E-state index < -0.39 is 18.0 Å². The zero-order valence-corrected chi connectivity index (χ0v) is 18.5. The molecule has 0 aromatic heterocycles. The normalized spacial score (nSPS) is 38.4. The summed E-state index contributed by atoms with van der Waals surface area (Å²) in [5.74, 6) is 0.889. The molecule has 0 saturated heterocycles. The Kier molecular flexibility index (Phi) is 4.21. The van der Waals surface area contributed by atoms with E-state index in [4.69, 9.17) is 0 Å². The number of benzene rings is 1. The number of halogens is 3. The van der Waals surface area contributed by atoms with Crippen molar-refractivity contribution >= 4 is 11.7 Å². The first kappa shape index (κ1) is 20.8. The quantitative estimate of drug-likeness (QED) is 0.663. The van der Waals surface area contributed by atoms with Gasteiger partial charge in [0.25, 0.3) is 0 Å². The van der Waals surface area contributed by atoms with Crippen molar-refractivity contribution in [3.05, 3.63) is 35.9 Å². The van der Waals surface area contributed by atoms with Crippen LogP contribution in [-0.2, 0) is 0 Å². The number of amides is 2. The van der Waals surface area contributed by atoms with Crippen LogP contribution < -0.4 is 5.32 Å². The number of carbonyl (C=O) groups excluding carboxylic acids is 1. The molecule has 0 spiro atoms. The maximum atomic E-state index is 13.3. The molecule has 3 fully saturated rings. The predicted octanol–water partition coefficient (Wildman–Crippen LogP) is 5.56. The van der Waals surface area contributed by atoms with Crippen molar-refractivity contribution in [2.75, 3.05) is 6.54 Å². The molecule has 1 aromatic carbocycles. The zero-order valence-electron chi connectivity index (χ0n) is 18.5. The lowest BCUT2D eigenvalue weighted by atomic mass is 9.57. The average Bonchev–Trinajstić information content (AvgIpc) is 2.96. The number of hydrogen-bond donors (Lipinski definition) is 1. The number of hydrazone groups is 1. The molecule has 3 saturated carbocycles. The lowest BCUT2D eigenvalue weighted by Gasteiger charge is -2.52. The van der Waals surface area contributed by atoms with Crippen molar-refractivity contribution in [3.63, 3.8) is 0 Å². The first-order valence-corrected chi connectivity index (χ1v) is 11.2. The molecule has 4 nitrogen and oxygen atoms in total. The molecular weight excluding hydrogens is 403 g/mol. The monoisotopic (exact) mass is 433 g/mol. The van der Waals surface area contributed by atoms with Crippen LogP contribution in [0.4, 0.5) is 18.0 Å². The van der Waals surface area contributed by atoms with Gasteiger partial charge < -0.3 is 5.32 Å². The molecule has 5 rings (SSSR count). The second-order valence-corrected chi connectivity index (χ2v) is 11.0. The highest BCUT2D eigenvalue weighted by atomic mass is 19.4. The Balaban J connectivity index is 1.38. The van der Waals surface area contributed by atoms with Crippen molar-refractivity contribution in [1.82, 2.24) is 10.3 Å². The largest absolute Gasteiger partial charge is 0.389 e. The molecular formula is C24H30F3N3O. The van der Waals surface area contributed by atoms with E-state index in [0.717, 1.165) is 12.0 Å². The molecule has 1 aromatic rings. The van der Waals surface area contributed by atoms with Crippen molar-refractivity contribution in [2.45, 2.75) is 65.1 Å². The molecule has 0 bridgehead atoms. The summed E-state index contributed by atoms with van der Waals surface area (Å²) < 4.78 is 39.8. The molecule has 168 valence electrons. The fourth-order valence-electron chi connectivity index (χ4n) is 7.25. The van der Waals surface area contributed by atoms with Gasteiger partial charge in [0.05, 0.1) is 18.7 Å². The topological polar surface area (TPSA) is 44.7 Å². The van der Waals surface area contributed by atoms with Crippen LogP contribution in [0.25, 0.3) is 0 Å². The van der Waals surface area contributed by atoms with Gasteiger partial charge in [-0.15, -0.1) is 0 Å². The number of nitrogens with one attached hydrogen (secondary N) is 1. The molecule has 3 aliphatic carbocycles. The highest BCUT2D eigenvalue weighted by molar-refractivity contribution is 5.98. The molecule has 7 heteroatoms. The van der Waals surface area contributed by atoms with E-state index in [-0.39, 0.29) is 30.0 Å². The molecule has 2 amide bonds. The molecule has 6 unspecified atom stereocenters. The minimum atomic E-state index is -4.31. The van der Waals surface area contributed by atoms with Gasteiger partial charge in [0.15, 0.2) is 0 Å². The van der Waals surface area contributed by atoms with Gasteiger partial charge in [0.1, 0.15) is 0 Å². The Hall–Kier alpha value is -2.05. The lowest BCUT2D eigenvalue weighted by Crippen LogP contribution is -2.61. The average molecular weight is 434 g/mol. The smallest absolute Gasteiger partial charge is 0.333 e. The maximum absolute atomic E-state index is 13.3. The number of alkyl halides is 3. The van der Waals surface area contributed by atoms with E-state index >= 15 is 0 Å². The van der Waals surface area contributed by atoms with Crippen LogP contribution in [-0.4, -0.2) is 35.5 Å². The fourth-order valence-corrected chi connectivity index (χ4v) is 7.25. The lowest BCUT2D eigenvalue weighted by molar-refractivity contribution is -0.147. The Morgan fingerprint density at radius 1 is 1.23 bits per heavy atom. The second kappa shape index (κ2) is 6.26. The third kappa shape index (κ3) is 2.87. The first-order chi connectivity index (χ1) is 14.4. The Bertz CT molecular complexity index is 943. The van der Waals surface area contributed by atoms with E-state index in [1.807, 2.05) is 30.3 Å². The summed E-state index contributed by atoms with van der Waals surface area (Å²) in [6.07, 6.45) is -2.92. The molecule has 1 heterocycles. The van der Waals surface area contributed by atoms with Crippen molar-refractivity contribution in [2.24, 2.45) is 33.2 Å². The van der Waals surface area contributed by atoms with E-state index in [9.17, 15) is 18.0 Å². The Morgan fingerprint density at radius 3 is 2.45 bits per heavy atom. The van der Waals surface area contributed by atoms with Gasteiger partial charge in [-0.05, 0) is 41.1 Å². The van der Waals surface area contributed by atoms with E-state index in [1.165, 1.54) is 11.4 Å². The summed E-state index contributed by atoms with van der Waals surface area (Å²) in [4.78, 5) is 13.2.